The first kappa shape index (κ1) is 21.1. The number of anilines is 1. The Bertz CT molecular complexity index is 1260. The van der Waals surface area contributed by atoms with Crippen molar-refractivity contribution in [2.75, 3.05) is 5.32 Å². The molecule has 6 heteroatoms. The normalized spacial score (nSPS) is 10.6. The first-order valence-electron chi connectivity index (χ1n) is 10.2. The van der Waals surface area contributed by atoms with Crippen molar-refractivity contribution in [2.45, 2.75) is 13.5 Å². The van der Waals surface area contributed by atoms with Crippen LogP contribution < -0.4 is 10.1 Å². The number of amides is 1. The number of rotatable bonds is 7. The number of hydrogen-bond donors (Lipinski definition) is 1. The molecule has 4 rings (SSSR count). The second-order valence-corrected chi connectivity index (χ2v) is 7.50. The molecule has 0 radical (unpaired) electrons. The molecular weight excluding hydrogens is 402 g/mol. The minimum atomic E-state index is -0.284. The van der Waals surface area contributed by atoms with Gasteiger partial charge in [-0.1, -0.05) is 42.0 Å². The molecule has 1 N–H and O–H groups in total. The number of ether oxygens (including phenoxy) is 1. The fourth-order valence-electron chi connectivity index (χ4n) is 3.36. The summed E-state index contributed by atoms with van der Waals surface area (Å²) in [6, 6.07) is 21.9. The van der Waals surface area contributed by atoms with Crippen LogP contribution in [-0.4, -0.2) is 21.2 Å². The average molecular weight is 425 g/mol. The molecule has 0 saturated heterocycles. The Balaban J connectivity index is 1.45. The van der Waals surface area contributed by atoms with Gasteiger partial charge in [-0.05, 0) is 48.9 Å². The van der Waals surface area contributed by atoms with E-state index in [-0.39, 0.29) is 11.7 Å². The first-order valence-corrected chi connectivity index (χ1v) is 10.2. The third kappa shape index (κ3) is 4.75. The number of nitrogens with zero attached hydrogens (tertiary/aromatic N) is 2. The van der Waals surface area contributed by atoms with E-state index < -0.39 is 0 Å². The van der Waals surface area contributed by atoms with Gasteiger partial charge in [-0.3, -0.25) is 9.59 Å². The molecule has 0 fully saturated rings. The highest BCUT2D eigenvalue weighted by Crippen LogP contribution is 2.22. The maximum atomic E-state index is 12.9. The van der Waals surface area contributed by atoms with Crippen LogP contribution in [0.1, 0.15) is 37.7 Å². The average Bonchev–Trinajstić information content (AvgIpc) is 3.24. The van der Waals surface area contributed by atoms with Gasteiger partial charge in [0.25, 0.3) is 5.91 Å². The topological polar surface area (TPSA) is 73.2 Å². The molecule has 0 aliphatic heterocycles. The largest absolute Gasteiger partial charge is 0.488 e. The molecule has 0 aliphatic rings. The van der Waals surface area contributed by atoms with Crippen molar-refractivity contribution in [3.8, 4) is 5.75 Å². The van der Waals surface area contributed by atoms with Gasteiger partial charge < -0.3 is 14.6 Å². The molecule has 32 heavy (non-hydrogen) atoms. The molecule has 1 aromatic heterocycles. The van der Waals surface area contributed by atoms with E-state index >= 15 is 0 Å². The van der Waals surface area contributed by atoms with E-state index in [1.54, 1.807) is 66.5 Å². The van der Waals surface area contributed by atoms with Crippen LogP contribution >= 0.6 is 0 Å². The minimum absolute atomic E-state index is 0.176. The fourth-order valence-corrected chi connectivity index (χ4v) is 3.36. The van der Waals surface area contributed by atoms with E-state index in [9.17, 15) is 9.59 Å². The third-order valence-electron chi connectivity index (χ3n) is 5.04. The summed E-state index contributed by atoms with van der Waals surface area (Å²) in [4.78, 5) is 29.5. The molecule has 6 nitrogen and oxygen atoms in total. The van der Waals surface area contributed by atoms with Crippen LogP contribution in [0.25, 0.3) is 0 Å². The van der Waals surface area contributed by atoms with Crippen molar-refractivity contribution >= 4 is 17.4 Å². The molecule has 1 heterocycles. The molecule has 0 unspecified atom stereocenters. The number of imidazole rings is 1. The molecule has 160 valence electrons. The van der Waals surface area contributed by atoms with E-state index in [1.165, 1.54) is 0 Å². The number of hydrogen-bond acceptors (Lipinski definition) is 4. The molecule has 0 saturated carbocycles. The van der Waals surface area contributed by atoms with E-state index in [4.69, 9.17) is 4.74 Å². The molecular formula is C26H23N3O3. The lowest BCUT2D eigenvalue weighted by Gasteiger charge is -2.12. The summed E-state index contributed by atoms with van der Waals surface area (Å²) in [6.45, 7) is 2.40. The second-order valence-electron chi connectivity index (χ2n) is 7.50. The van der Waals surface area contributed by atoms with Gasteiger partial charge in [0.05, 0.1) is 5.56 Å². The van der Waals surface area contributed by atoms with Crippen LogP contribution in [0, 0.1) is 6.92 Å². The minimum Gasteiger partial charge on any atom is -0.488 e. The number of nitrogens with one attached hydrogen (secondary N) is 1. The highest BCUT2D eigenvalue weighted by atomic mass is 16.5. The van der Waals surface area contributed by atoms with Gasteiger partial charge in [0, 0.05) is 30.7 Å². The Morgan fingerprint density at radius 2 is 1.78 bits per heavy atom. The smallest absolute Gasteiger partial charge is 0.259 e. The van der Waals surface area contributed by atoms with Crippen molar-refractivity contribution < 1.29 is 14.3 Å². The number of para-hydroxylation sites is 1. The van der Waals surface area contributed by atoms with Crippen LogP contribution in [0.15, 0.2) is 85.2 Å². The summed E-state index contributed by atoms with van der Waals surface area (Å²) in [7, 11) is 1.77. The van der Waals surface area contributed by atoms with Gasteiger partial charge >= 0.3 is 0 Å². The maximum Gasteiger partial charge on any atom is 0.259 e. The molecule has 0 atom stereocenters. The fraction of sp³-hybridized carbons (Fsp3) is 0.115. The Morgan fingerprint density at radius 1 is 1.00 bits per heavy atom. The first-order chi connectivity index (χ1) is 15.5. The summed E-state index contributed by atoms with van der Waals surface area (Å²) in [5.41, 5.74) is 3.71. The summed E-state index contributed by atoms with van der Waals surface area (Å²) >= 11 is 0. The Morgan fingerprint density at radius 3 is 2.50 bits per heavy atom. The van der Waals surface area contributed by atoms with Crippen LogP contribution in [0.3, 0.4) is 0 Å². The number of ketones is 1. The van der Waals surface area contributed by atoms with Crippen LogP contribution in [0.4, 0.5) is 5.69 Å². The molecule has 4 aromatic rings. The lowest BCUT2D eigenvalue weighted by atomic mass is 10.1. The summed E-state index contributed by atoms with van der Waals surface area (Å²) in [5.74, 6) is 0.410. The van der Waals surface area contributed by atoms with E-state index in [1.807, 2.05) is 31.2 Å². The Labute approximate surface area is 186 Å². The van der Waals surface area contributed by atoms with Crippen LogP contribution in [-0.2, 0) is 13.7 Å². The van der Waals surface area contributed by atoms with E-state index in [0.717, 1.165) is 11.1 Å². The van der Waals surface area contributed by atoms with Crippen molar-refractivity contribution in [1.82, 2.24) is 9.55 Å². The van der Waals surface area contributed by atoms with Crippen LogP contribution in [0.2, 0.25) is 0 Å². The number of carbonyl (C=O) groups excluding carboxylic acids is 2. The van der Waals surface area contributed by atoms with Gasteiger partial charge in [-0.15, -0.1) is 0 Å². The maximum absolute atomic E-state index is 12.9. The lowest BCUT2D eigenvalue weighted by molar-refractivity contribution is 0.101. The highest BCUT2D eigenvalue weighted by molar-refractivity contribution is 6.08. The Hall–Kier alpha value is -4.19. The van der Waals surface area contributed by atoms with Gasteiger partial charge in [-0.2, -0.15) is 0 Å². The predicted octanol–water partition coefficient (Wildman–Crippen LogP) is 4.79. The second kappa shape index (κ2) is 9.31. The predicted molar refractivity (Wildman–Crippen MR) is 123 cm³/mol. The number of aryl methyl sites for hydroxylation is 2. The molecule has 0 aliphatic carbocycles. The quantitative estimate of drug-likeness (QED) is 0.432. The lowest BCUT2D eigenvalue weighted by Crippen LogP contribution is -2.14. The zero-order valence-corrected chi connectivity index (χ0v) is 17.9. The SMILES string of the molecule is Cc1cccc(COc2ccccc2C(=O)Nc2ccc(C(=O)c3nccn3C)cc2)c1. The van der Waals surface area contributed by atoms with E-state index in [2.05, 4.69) is 16.4 Å². The molecule has 0 bridgehead atoms. The monoisotopic (exact) mass is 425 g/mol. The van der Waals surface area contributed by atoms with Crippen molar-refractivity contribution in [2.24, 2.45) is 7.05 Å². The summed E-state index contributed by atoms with van der Waals surface area (Å²) < 4.78 is 7.60. The number of aromatic nitrogens is 2. The van der Waals surface area contributed by atoms with Gasteiger partial charge in [0.15, 0.2) is 5.82 Å². The van der Waals surface area contributed by atoms with Gasteiger partial charge in [-0.25, -0.2) is 4.98 Å². The standard InChI is InChI=1S/C26H23N3O3/c1-18-6-5-7-19(16-18)17-32-23-9-4-3-8-22(23)26(31)28-21-12-10-20(11-13-21)24(30)25-27-14-15-29(25)2/h3-16H,17H2,1-2H3,(H,28,31). The zero-order valence-electron chi connectivity index (χ0n) is 17.9. The van der Waals surface area contributed by atoms with Crippen molar-refractivity contribution in [3.05, 3.63) is 113 Å². The molecule has 3 aromatic carbocycles. The van der Waals surface area contributed by atoms with Crippen molar-refractivity contribution in [3.63, 3.8) is 0 Å². The highest BCUT2D eigenvalue weighted by Gasteiger charge is 2.15. The number of carbonyl (C=O) groups is 2. The van der Waals surface area contributed by atoms with E-state index in [0.29, 0.717) is 35.0 Å². The van der Waals surface area contributed by atoms with Gasteiger partial charge in [0.2, 0.25) is 5.78 Å². The summed E-state index contributed by atoms with van der Waals surface area (Å²) in [5, 5.41) is 2.87. The van der Waals surface area contributed by atoms with Crippen LogP contribution in [0.5, 0.6) is 5.75 Å². The summed E-state index contributed by atoms with van der Waals surface area (Å²) in [6.07, 6.45) is 3.31. The number of benzene rings is 3. The molecule has 0 spiro atoms. The van der Waals surface area contributed by atoms with Crippen molar-refractivity contribution in [1.29, 1.82) is 0 Å². The Kier molecular flexibility index (Phi) is 6.12. The van der Waals surface area contributed by atoms with Gasteiger partial charge in [0.1, 0.15) is 12.4 Å². The zero-order chi connectivity index (χ0) is 22.5. The molecule has 1 amide bonds. The third-order valence-corrected chi connectivity index (χ3v) is 5.04.